The molecule has 0 nitrogen and oxygen atoms in total. The first kappa shape index (κ1) is 14.4. The number of hydrogen-bond donors (Lipinski definition) is 0. The molecule has 0 aliphatic heterocycles. The average molecular weight is 250 g/mol. The minimum absolute atomic E-state index is 1.12. The van der Waals surface area contributed by atoms with Crippen LogP contribution >= 0.6 is 0 Å². The average Bonchev–Trinajstić information content (AvgIpc) is 2.43. The van der Waals surface area contributed by atoms with Crippen LogP contribution < -0.4 is 0 Å². The monoisotopic (exact) mass is 250 g/mol. The van der Waals surface area contributed by atoms with Gasteiger partial charge in [-0.25, -0.2) is 0 Å². The molecule has 2 aliphatic carbocycles. The highest BCUT2D eigenvalue weighted by Crippen LogP contribution is 2.45. The first-order valence-corrected chi connectivity index (χ1v) is 8.92. The number of rotatable bonds is 7. The fraction of sp³-hybridized carbons (Fsp3) is 1.00. The van der Waals surface area contributed by atoms with Gasteiger partial charge in [-0.3, -0.25) is 0 Å². The highest BCUT2D eigenvalue weighted by atomic mass is 14.4. The van der Waals surface area contributed by atoms with Gasteiger partial charge in [0.15, 0.2) is 0 Å². The second kappa shape index (κ2) is 8.23. The highest BCUT2D eigenvalue weighted by Gasteiger charge is 2.33. The molecule has 0 heteroatoms. The van der Waals surface area contributed by atoms with Gasteiger partial charge in [-0.15, -0.1) is 0 Å². The third kappa shape index (κ3) is 4.28. The number of fused-ring (bicyclic) bond motifs is 1. The zero-order valence-electron chi connectivity index (χ0n) is 12.6. The van der Waals surface area contributed by atoms with E-state index >= 15 is 0 Å². The van der Waals surface area contributed by atoms with Gasteiger partial charge in [0.25, 0.3) is 0 Å². The van der Waals surface area contributed by atoms with Crippen molar-refractivity contribution in [3.05, 3.63) is 0 Å². The van der Waals surface area contributed by atoms with Crippen LogP contribution in [0.2, 0.25) is 0 Å². The van der Waals surface area contributed by atoms with E-state index < -0.39 is 0 Å². The molecule has 106 valence electrons. The Kier molecular flexibility index (Phi) is 6.59. The lowest BCUT2D eigenvalue weighted by atomic mass is 9.64. The van der Waals surface area contributed by atoms with Crippen LogP contribution in [0.25, 0.3) is 0 Å². The predicted octanol–water partition coefficient (Wildman–Crippen LogP) is 6.34. The molecule has 0 heterocycles. The standard InChI is InChI=1S/C18H34/c1-2-3-4-5-6-7-11-16-13-10-14-17-12-8-9-15-18(16)17/h16-18H,2-15H2,1H3. The summed E-state index contributed by atoms with van der Waals surface area (Å²) < 4.78 is 0. The van der Waals surface area contributed by atoms with Gasteiger partial charge in [0.2, 0.25) is 0 Å². The molecule has 3 atom stereocenters. The predicted molar refractivity (Wildman–Crippen MR) is 80.8 cm³/mol. The molecule has 0 N–H and O–H groups in total. The van der Waals surface area contributed by atoms with Crippen LogP contribution in [0.5, 0.6) is 0 Å². The lowest BCUT2D eigenvalue weighted by molar-refractivity contribution is 0.0961. The first-order valence-electron chi connectivity index (χ1n) is 8.92. The highest BCUT2D eigenvalue weighted by molar-refractivity contribution is 4.85. The van der Waals surface area contributed by atoms with E-state index in [1.807, 2.05) is 0 Å². The van der Waals surface area contributed by atoms with Crippen molar-refractivity contribution in [2.24, 2.45) is 17.8 Å². The van der Waals surface area contributed by atoms with Crippen molar-refractivity contribution in [3.63, 3.8) is 0 Å². The van der Waals surface area contributed by atoms with Crippen molar-refractivity contribution in [2.45, 2.75) is 96.8 Å². The van der Waals surface area contributed by atoms with Crippen LogP contribution in [0.1, 0.15) is 96.8 Å². The van der Waals surface area contributed by atoms with E-state index in [1.165, 1.54) is 51.4 Å². The number of unbranched alkanes of at least 4 members (excludes halogenated alkanes) is 5. The molecule has 0 aromatic carbocycles. The summed E-state index contributed by atoms with van der Waals surface area (Å²) in [5, 5.41) is 0. The fourth-order valence-corrected chi connectivity index (χ4v) is 4.62. The molecule has 0 spiro atoms. The van der Waals surface area contributed by atoms with Gasteiger partial charge in [0.05, 0.1) is 0 Å². The topological polar surface area (TPSA) is 0 Å². The number of hydrogen-bond acceptors (Lipinski definition) is 0. The Morgan fingerprint density at radius 2 is 1.44 bits per heavy atom. The molecule has 2 saturated carbocycles. The summed E-state index contributed by atoms with van der Waals surface area (Å²) in [6.45, 7) is 2.31. The second-order valence-corrected chi connectivity index (χ2v) is 6.96. The first-order chi connectivity index (χ1) is 8.92. The Morgan fingerprint density at radius 3 is 2.33 bits per heavy atom. The van der Waals surface area contributed by atoms with Crippen molar-refractivity contribution in [2.75, 3.05) is 0 Å². The molecule has 2 aliphatic rings. The van der Waals surface area contributed by atoms with Crippen LogP contribution in [0, 0.1) is 17.8 Å². The molecule has 2 fully saturated rings. The Bertz CT molecular complexity index is 206. The van der Waals surface area contributed by atoms with E-state index in [4.69, 9.17) is 0 Å². The summed E-state index contributed by atoms with van der Waals surface area (Å²) in [4.78, 5) is 0. The molecular formula is C18H34. The van der Waals surface area contributed by atoms with E-state index in [0.29, 0.717) is 0 Å². The van der Waals surface area contributed by atoms with Crippen molar-refractivity contribution >= 4 is 0 Å². The molecule has 0 radical (unpaired) electrons. The van der Waals surface area contributed by atoms with Crippen LogP contribution in [-0.4, -0.2) is 0 Å². The van der Waals surface area contributed by atoms with Crippen LogP contribution in [0.3, 0.4) is 0 Å². The smallest absolute Gasteiger partial charge is 0.0357 e. The maximum absolute atomic E-state index is 2.31. The molecule has 0 aromatic heterocycles. The van der Waals surface area contributed by atoms with Crippen molar-refractivity contribution < 1.29 is 0 Å². The molecule has 0 saturated heterocycles. The Morgan fingerprint density at radius 1 is 0.722 bits per heavy atom. The van der Waals surface area contributed by atoms with Gasteiger partial charge in [-0.1, -0.05) is 90.4 Å². The van der Waals surface area contributed by atoms with E-state index in [1.54, 1.807) is 38.5 Å². The maximum Gasteiger partial charge on any atom is -0.0357 e. The summed E-state index contributed by atoms with van der Waals surface area (Å²) in [5.41, 5.74) is 0. The molecule has 0 bridgehead atoms. The van der Waals surface area contributed by atoms with E-state index in [-0.39, 0.29) is 0 Å². The van der Waals surface area contributed by atoms with E-state index in [0.717, 1.165) is 17.8 Å². The lowest BCUT2D eigenvalue weighted by Gasteiger charge is -2.41. The summed E-state index contributed by atoms with van der Waals surface area (Å²) >= 11 is 0. The summed E-state index contributed by atoms with van der Waals surface area (Å²) in [7, 11) is 0. The van der Waals surface area contributed by atoms with Gasteiger partial charge < -0.3 is 0 Å². The molecule has 0 aromatic rings. The summed E-state index contributed by atoms with van der Waals surface area (Å²) in [5.74, 6) is 3.40. The molecule has 2 rings (SSSR count). The molecule has 18 heavy (non-hydrogen) atoms. The Hall–Kier alpha value is 0. The summed E-state index contributed by atoms with van der Waals surface area (Å²) in [6.07, 6.45) is 21.3. The summed E-state index contributed by atoms with van der Waals surface area (Å²) in [6, 6.07) is 0. The van der Waals surface area contributed by atoms with Gasteiger partial charge in [0, 0.05) is 0 Å². The van der Waals surface area contributed by atoms with Gasteiger partial charge in [-0.05, 0) is 24.2 Å². The zero-order chi connectivity index (χ0) is 12.6. The largest absolute Gasteiger partial charge is 0.0654 e. The quantitative estimate of drug-likeness (QED) is 0.462. The van der Waals surface area contributed by atoms with Crippen molar-refractivity contribution in [1.82, 2.24) is 0 Å². The minimum atomic E-state index is 1.12. The lowest BCUT2D eigenvalue weighted by Crippen LogP contribution is -2.30. The minimum Gasteiger partial charge on any atom is -0.0654 e. The Labute approximate surface area is 115 Å². The SMILES string of the molecule is CCCCCCCCC1CCCC2CCCCC12. The van der Waals surface area contributed by atoms with Crippen LogP contribution in [0.15, 0.2) is 0 Å². The molecular weight excluding hydrogens is 216 g/mol. The van der Waals surface area contributed by atoms with Gasteiger partial charge >= 0.3 is 0 Å². The third-order valence-corrected chi connectivity index (χ3v) is 5.65. The van der Waals surface area contributed by atoms with Crippen molar-refractivity contribution in [3.8, 4) is 0 Å². The Balaban J connectivity index is 1.62. The van der Waals surface area contributed by atoms with Crippen molar-refractivity contribution in [1.29, 1.82) is 0 Å². The maximum atomic E-state index is 2.31. The normalized spacial score (nSPS) is 32.2. The van der Waals surface area contributed by atoms with Crippen LogP contribution in [0.4, 0.5) is 0 Å². The van der Waals surface area contributed by atoms with Gasteiger partial charge in [-0.2, -0.15) is 0 Å². The van der Waals surface area contributed by atoms with Gasteiger partial charge in [0.1, 0.15) is 0 Å². The fourth-order valence-electron chi connectivity index (χ4n) is 4.62. The third-order valence-electron chi connectivity index (χ3n) is 5.65. The van der Waals surface area contributed by atoms with Crippen LogP contribution in [-0.2, 0) is 0 Å². The molecule has 3 unspecified atom stereocenters. The molecule has 0 amide bonds. The second-order valence-electron chi connectivity index (χ2n) is 6.96. The van der Waals surface area contributed by atoms with E-state index in [9.17, 15) is 0 Å². The zero-order valence-corrected chi connectivity index (χ0v) is 12.6. The van der Waals surface area contributed by atoms with E-state index in [2.05, 4.69) is 6.92 Å².